The van der Waals surface area contributed by atoms with Gasteiger partial charge in [-0.1, -0.05) is 0 Å². The van der Waals surface area contributed by atoms with Crippen LogP contribution in [-0.2, 0) is 18.9 Å². The van der Waals surface area contributed by atoms with Crippen LogP contribution in [-0.4, -0.2) is 124 Å². The minimum atomic E-state index is -1.22. The summed E-state index contributed by atoms with van der Waals surface area (Å²) in [6.07, 6.45) is -6.81. The van der Waals surface area contributed by atoms with Gasteiger partial charge in [0.2, 0.25) is 0 Å². The van der Waals surface area contributed by atoms with Crippen LogP contribution < -0.4 is 0 Å². The summed E-state index contributed by atoms with van der Waals surface area (Å²) >= 11 is 0. The van der Waals surface area contributed by atoms with Crippen LogP contribution in [0.15, 0.2) is 0 Å². The third kappa shape index (κ3) is 7.27. The van der Waals surface area contributed by atoms with Gasteiger partial charge in [-0.05, 0) is 13.8 Å². The molecule has 0 saturated carbocycles. The summed E-state index contributed by atoms with van der Waals surface area (Å²) in [6, 6.07) is 0. The second-order valence-corrected chi connectivity index (χ2v) is 6.83. The van der Waals surface area contributed by atoms with Crippen molar-refractivity contribution in [1.29, 1.82) is 0 Å². The van der Waals surface area contributed by atoms with Crippen molar-refractivity contribution in [3.8, 4) is 0 Å². The molecule has 12 heteroatoms. The van der Waals surface area contributed by atoms with Crippen LogP contribution in [0.4, 0.5) is 0 Å². The van der Waals surface area contributed by atoms with Crippen molar-refractivity contribution in [2.75, 3.05) is 33.5 Å². The SMILES string of the molecule is CC1(C)OC[C@H]2OC[C@H](O)[C@H](O)[C@@H]2O1.CO.Cl.OC[C@H]1OC[C@H](O)[C@H](O)[C@@H]1O. The maximum absolute atomic E-state index is 9.69. The van der Waals surface area contributed by atoms with Gasteiger partial charge in [-0.3, -0.25) is 0 Å². The first-order valence-electron chi connectivity index (χ1n) is 8.67. The highest BCUT2D eigenvalue weighted by atomic mass is 35.5. The van der Waals surface area contributed by atoms with Crippen molar-refractivity contribution in [3.05, 3.63) is 0 Å². The molecule has 0 bridgehead atoms. The van der Waals surface area contributed by atoms with E-state index in [1.807, 2.05) is 0 Å². The minimum Gasteiger partial charge on any atom is -0.400 e. The molecular formula is C16H33ClO11. The van der Waals surface area contributed by atoms with E-state index < -0.39 is 48.5 Å². The number of fused-ring (bicyclic) bond motifs is 1. The zero-order chi connectivity index (χ0) is 20.8. The molecule has 0 unspecified atom stereocenters. The predicted octanol–water partition coefficient (Wildman–Crippen LogP) is -3.25. The molecule has 0 aromatic rings. The predicted molar refractivity (Wildman–Crippen MR) is 96.9 cm³/mol. The van der Waals surface area contributed by atoms with E-state index in [-0.39, 0.29) is 38.3 Å². The lowest BCUT2D eigenvalue weighted by Crippen LogP contribution is -2.61. The van der Waals surface area contributed by atoms with Crippen molar-refractivity contribution < 1.29 is 54.7 Å². The molecule has 3 fully saturated rings. The molecule has 28 heavy (non-hydrogen) atoms. The van der Waals surface area contributed by atoms with Crippen LogP contribution in [0, 0.1) is 0 Å². The zero-order valence-electron chi connectivity index (χ0n) is 16.1. The number of hydrogen-bond donors (Lipinski definition) is 7. The standard InChI is InChI=1S/C9H16O5.C6H12O5.CH4O.ClH/c1-9(2)13-4-6-8(14-9)7(11)5(10)3-12-6;7-1-4-6(10)5(9)3(8)2-11-4;1-2;/h5-8,10-11H,3-4H2,1-2H3;3-10H,1-2H2;2H,1H3;1H/t5-,6+,7-,8+;3-,4+,5-,6+;;/m00../s1. The summed E-state index contributed by atoms with van der Waals surface area (Å²) < 4.78 is 21.0. The number of rotatable bonds is 1. The van der Waals surface area contributed by atoms with Gasteiger partial charge in [-0.25, -0.2) is 0 Å². The quantitative estimate of drug-likeness (QED) is 0.219. The number of hydrogen-bond acceptors (Lipinski definition) is 11. The van der Waals surface area contributed by atoms with Gasteiger partial charge in [0.1, 0.15) is 48.8 Å². The first-order chi connectivity index (χ1) is 12.7. The molecule has 3 saturated heterocycles. The Morgan fingerprint density at radius 1 is 0.821 bits per heavy atom. The Labute approximate surface area is 169 Å². The highest BCUT2D eigenvalue weighted by molar-refractivity contribution is 5.85. The van der Waals surface area contributed by atoms with Crippen molar-refractivity contribution in [2.45, 2.75) is 68.5 Å². The van der Waals surface area contributed by atoms with Gasteiger partial charge < -0.3 is 54.7 Å². The third-order valence-electron chi connectivity index (χ3n) is 4.38. The van der Waals surface area contributed by atoms with Gasteiger partial charge in [-0.2, -0.15) is 0 Å². The number of aliphatic hydroxyl groups excluding tert-OH is 7. The normalized spacial score (nSPS) is 41.8. The average Bonchev–Trinajstić information content (AvgIpc) is 2.65. The Morgan fingerprint density at radius 3 is 1.93 bits per heavy atom. The second kappa shape index (κ2) is 12.5. The van der Waals surface area contributed by atoms with E-state index >= 15 is 0 Å². The molecular weight excluding hydrogens is 404 g/mol. The monoisotopic (exact) mass is 436 g/mol. The summed E-state index contributed by atoms with van der Waals surface area (Å²) in [5.41, 5.74) is 0. The van der Waals surface area contributed by atoms with E-state index in [1.54, 1.807) is 13.8 Å². The minimum absolute atomic E-state index is 0. The fourth-order valence-electron chi connectivity index (χ4n) is 2.82. The molecule has 3 aliphatic heterocycles. The lowest BCUT2D eigenvalue weighted by atomic mass is 9.99. The van der Waals surface area contributed by atoms with Crippen molar-refractivity contribution in [1.82, 2.24) is 0 Å². The van der Waals surface area contributed by atoms with Gasteiger partial charge in [0.15, 0.2) is 5.79 Å². The molecule has 7 N–H and O–H groups in total. The Balaban J connectivity index is 0.000000474. The van der Waals surface area contributed by atoms with E-state index in [4.69, 9.17) is 44.5 Å². The van der Waals surface area contributed by atoms with E-state index in [9.17, 15) is 10.2 Å². The van der Waals surface area contributed by atoms with E-state index in [0.717, 1.165) is 7.11 Å². The average molecular weight is 437 g/mol. The maximum atomic E-state index is 9.69. The van der Waals surface area contributed by atoms with Gasteiger partial charge in [0.25, 0.3) is 0 Å². The maximum Gasteiger partial charge on any atom is 0.163 e. The van der Waals surface area contributed by atoms with Crippen LogP contribution in [0.2, 0.25) is 0 Å². The van der Waals surface area contributed by atoms with E-state index in [1.165, 1.54) is 0 Å². The van der Waals surface area contributed by atoms with Crippen molar-refractivity contribution in [2.24, 2.45) is 0 Å². The molecule has 3 aliphatic rings. The first kappa shape index (κ1) is 27.8. The Kier molecular flexibility index (Phi) is 12.5. The Morgan fingerprint density at radius 2 is 1.36 bits per heavy atom. The largest absolute Gasteiger partial charge is 0.400 e. The van der Waals surface area contributed by atoms with Crippen LogP contribution >= 0.6 is 12.4 Å². The highest BCUT2D eigenvalue weighted by Crippen LogP contribution is 2.29. The van der Waals surface area contributed by atoms with Crippen LogP contribution in [0.5, 0.6) is 0 Å². The summed E-state index contributed by atoms with van der Waals surface area (Å²) in [4.78, 5) is 0. The molecule has 0 aliphatic carbocycles. The third-order valence-corrected chi connectivity index (χ3v) is 4.38. The molecule has 0 radical (unpaired) electrons. The molecule has 0 amide bonds. The Bertz CT molecular complexity index is 423. The Hall–Kier alpha value is -0.150. The van der Waals surface area contributed by atoms with Gasteiger partial charge in [0.05, 0.1) is 26.4 Å². The van der Waals surface area contributed by atoms with Gasteiger partial charge in [-0.15, -0.1) is 12.4 Å². The van der Waals surface area contributed by atoms with Crippen molar-refractivity contribution >= 4 is 12.4 Å². The number of halogens is 1. The molecule has 0 aromatic carbocycles. The number of ether oxygens (including phenoxy) is 4. The lowest BCUT2D eigenvalue weighted by molar-refractivity contribution is -0.346. The molecule has 3 heterocycles. The van der Waals surface area contributed by atoms with Gasteiger partial charge in [0, 0.05) is 7.11 Å². The van der Waals surface area contributed by atoms with Crippen LogP contribution in [0.25, 0.3) is 0 Å². The zero-order valence-corrected chi connectivity index (χ0v) is 16.9. The molecule has 0 aromatic heterocycles. The summed E-state index contributed by atoms with van der Waals surface area (Å²) in [7, 11) is 1.00. The summed E-state index contributed by atoms with van der Waals surface area (Å²) in [5, 5.41) is 61.8. The molecule has 170 valence electrons. The summed E-state index contributed by atoms with van der Waals surface area (Å²) in [5.74, 6) is -0.720. The molecule has 3 rings (SSSR count). The second-order valence-electron chi connectivity index (χ2n) is 6.83. The van der Waals surface area contributed by atoms with Crippen molar-refractivity contribution in [3.63, 3.8) is 0 Å². The highest BCUT2D eigenvalue weighted by Gasteiger charge is 2.46. The number of aliphatic hydroxyl groups is 7. The fourth-order valence-corrected chi connectivity index (χ4v) is 2.82. The van der Waals surface area contributed by atoms with Crippen LogP contribution in [0.1, 0.15) is 13.8 Å². The van der Waals surface area contributed by atoms with Gasteiger partial charge >= 0.3 is 0 Å². The van der Waals surface area contributed by atoms with E-state index in [0.29, 0.717) is 6.61 Å². The summed E-state index contributed by atoms with van der Waals surface area (Å²) in [6.45, 7) is 3.67. The van der Waals surface area contributed by atoms with E-state index in [2.05, 4.69) is 0 Å². The smallest absolute Gasteiger partial charge is 0.163 e. The van der Waals surface area contributed by atoms with Crippen LogP contribution in [0.3, 0.4) is 0 Å². The molecule has 8 atom stereocenters. The molecule has 11 nitrogen and oxygen atoms in total. The topological polar surface area (TPSA) is 179 Å². The first-order valence-corrected chi connectivity index (χ1v) is 8.67. The lowest BCUT2D eigenvalue weighted by Gasteiger charge is -2.46. The fraction of sp³-hybridized carbons (Fsp3) is 1.00. The molecule has 0 spiro atoms.